The van der Waals surface area contributed by atoms with E-state index in [0.717, 1.165) is 29.6 Å². The highest BCUT2D eigenvalue weighted by atomic mass is 15.2. The molecule has 0 spiro atoms. The number of anilines is 2. The van der Waals surface area contributed by atoms with E-state index in [1.165, 1.54) is 5.56 Å². The van der Waals surface area contributed by atoms with E-state index in [4.69, 9.17) is 0 Å². The number of hydrogen-bond donors (Lipinski definition) is 1. The molecule has 24 heavy (non-hydrogen) atoms. The standard InChI is InChI=1S/C19H21N5/c1-15-22-18(21-13-17-9-6-10-20-12-17)11-19(23-15)24(2)14-16-7-4-3-5-8-16/h3-12H,13-14H2,1-2H3,(H,21,22,23). The van der Waals surface area contributed by atoms with Gasteiger partial charge in [-0.2, -0.15) is 0 Å². The molecule has 1 N–H and O–H groups in total. The van der Waals surface area contributed by atoms with E-state index in [1.54, 1.807) is 6.20 Å². The van der Waals surface area contributed by atoms with Crippen LogP contribution in [0.1, 0.15) is 17.0 Å². The Balaban J connectivity index is 1.71. The van der Waals surface area contributed by atoms with Crippen LogP contribution in [0.5, 0.6) is 0 Å². The average Bonchev–Trinajstić information content (AvgIpc) is 2.61. The summed E-state index contributed by atoms with van der Waals surface area (Å²) in [5.74, 6) is 2.47. The third kappa shape index (κ3) is 4.29. The Bertz CT molecular complexity index is 774. The van der Waals surface area contributed by atoms with Crippen LogP contribution in [0.25, 0.3) is 0 Å². The first-order valence-corrected chi connectivity index (χ1v) is 7.94. The minimum Gasteiger partial charge on any atom is -0.366 e. The lowest BCUT2D eigenvalue weighted by Crippen LogP contribution is -2.18. The van der Waals surface area contributed by atoms with Crippen molar-refractivity contribution in [3.8, 4) is 0 Å². The molecule has 0 atom stereocenters. The summed E-state index contributed by atoms with van der Waals surface area (Å²) in [6, 6.07) is 16.3. The van der Waals surface area contributed by atoms with Crippen molar-refractivity contribution in [1.82, 2.24) is 15.0 Å². The summed E-state index contributed by atoms with van der Waals surface area (Å²) in [5, 5.41) is 3.34. The van der Waals surface area contributed by atoms with Crippen molar-refractivity contribution in [1.29, 1.82) is 0 Å². The molecule has 0 radical (unpaired) electrons. The van der Waals surface area contributed by atoms with Crippen LogP contribution in [0.15, 0.2) is 60.9 Å². The van der Waals surface area contributed by atoms with Crippen molar-refractivity contribution >= 4 is 11.6 Å². The zero-order valence-corrected chi connectivity index (χ0v) is 14.0. The Morgan fingerprint density at radius 2 is 1.79 bits per heavy atom. The van der Waals surface area contributed by atoms with E-state index in [0.29, 0.717) is 6.54 Å². The second-order valence-corrected chi connectivity index (χ2v) is 5.72. The highest BCUT2D eigenvalue weighted by Gasteiger charge is 2.07. The van der Waals surface area contributed by atoms with E-state index < -0.39 is 0 Å². The molecule has 0 unspecified atom stereocenters. The van der Waals surface area contributed by atoms with Gasteiger partial charge in [-0.05, 0) is 24.1 Å². The van der Waals surface area contributed by atoms with Crippen molar-refractivity contribution < 1.29 is 0 Å². The van der Waals surface area contributed by atoms with Crippen LogP contribution in [-0.2, 0) is 13.1 Å². The summed E-state index contributed by atoms with van der Waals surface area (Å²) >= 11 is 0. The van der Waals surface area contributed by atoms with Crippen molar-refractivity contribution in [2.75, 3.05) is 17.3 Å². The maximum absolute atomic E-state index is 4.55. The predicted octanol–water partition coefficient (Wildman–Crippen LogP) is 3.43. The Morgan fingerprint density at radius 1 is 1.00 bits per heavy atom. The third-order valence-electron chi connectivity index (χ3n) is 3.67. The molecule has 5 heteroatoms. The van der Waals surface area contributed by atoms with Gasteiger partial charge in [-0.1, -0.05) is 36.4 Å². The summed E-state index contributed by atoms with van der Waals surface area (Å²) in [6.45, 7) is 3.40. The van der Waals surface area contributed by atoms with Gasteiger partial charge in [0.15, 0.2) is 0 Å². The average molecular weight is 319 g/mol. The van der Waals surface area contributed by atoms with Crippen molar-refractivity contribution in [2.24, 2.45) is 0 Å². The Kier molecular flexibility index (Phi) is 5.01. The van der Waals surface area contributed by atoms with Gasteiger partial charge >= 0.3 is 0 Å². The van der Waals surface area contributed by atoms with Gasteiger partial charge in [-0.15, -0.1) is 0 Å². The van der Waals surface area contributed by atoms with E-state index in [1.807, 2.05) is 44.4 Å². The van der Waals surface area contributed by atoms with Gasteiger partial charge in [-0.25, -0.2) is 9.97 Å². The fourth-order valence-corrected chi connectivity index (χ4v) is 2.47. The largest absolute Gasteiger partial charge is 0.366 e. The van der Waals surface area contributed by atoms with E-state index >= 15 is 0 Å². The van der Waals surface area contributed by atoms with Crippen LogP contribution >= 0.6 is 0 Å². The molecule has 122 valence electrons. The Labute approximate surface area is 142 Å². The van der Waals surface area contributed by atoms with Gasteiger partial charge in [0.2, 0.25) is 0 Å². The Morgan fingerprint density at radius 3 is 2.54 bits per heavy atom. The monoisotopic (exact) mass is 319 g/mol. The SMILES string of the molecule is Cc1nc(NCc2cccnc2)cc(N(C)Cc2ccccc2)n1. The first-order valence-electron chi connectivity index (χ1n) is 7.94. The molecule has 1 aromatic carbocycles. The number of nitrogens with one attached hydrogen (secondary N) is 1. The molecule has 3 aromatic rings. The quantitative estimate of drug-likeness (QED) is 0.754. The summed E-state index contributed by atoms with van der Waals surface area (Å²) in [7, 11) is 2.04. The topological polar surface area (TPSA) is 53.9 Å². The number of aryl methyl sites for hydroxylation is 1. The van der Waals surface area contributed by atoms with Crippen molar-refractivity contribution in [3.05, 3.63) is 77.9 Å². The van der Waals surface area contributed by atoms with Gasteiger partial charge in [-0.3, -0.25) is 4.98 Å². The molecule has 0 saturated heterocycles. The zero-order valence-electron chi connectivity index (χ0n) is 14.0. The lowest BCUT2D eigenvalue weighted by Gasteiger charge is -2.19. The van der Waals surface area contributed by atoms with Crippen molar-refractivity contribution in [3.63, 3.8) is 0 Å². The Hall–Kier alpha value is -2.95. The zero-order chi connectivity index (χ0) is 16.8. The summed E-state index contributed by atoms with van der Waals surface area (Å²) in [5.41, 5.74) is 2.37. The van der Waals surface area contributed by atoms with Gasteiger partial charge in [0.05, 0.1) is 0 Å². The smallest absolute Gasteiger partial charge is 0.134 e. The molecule has 0 aliphatic rings. The molecule has 0 bridgehead atoms. The maximum Gasteiger partial charge on any atom is 0.134 e. The molecular formula is C19H21N5. The van der Waals surface area contributed by atoms with Gasteiger partial charge < -0.3 is 10.2 Å². The second-order valence-electron chi connectivity index (χ2n) is 5.72. The molecular weight excluding hydrogens is 298 g/mol. The minimum absolute atomic E-state index is 0.687. The molecule has 0 saturated carbocycles. The second kappa shape index (κ2) is 7.55. The maximum atomic E-state index is 4.55. The highest BCUT2D eigenvalue weighted by molar-refractivity contribution is 5.49. The summed E-state index contributed by atoms with van der Waals surface area (Å²) in [4.78, 5) is 15.3. The van der Waals surface area contributed by atoms with Crippen LogP contribution in [0.4, 0.5) is 11.6 Å². The predicted molar refractivity (Wildman–Crippen MR) is 96.9 cm³/mol. The lowest BCUT2D eigenvalue weighted by atomic mass is 10.2. The molecule has 0 aliphatic carbocycles. The van der Waals surface area contributed by atoms with Gasteiger partial charge in [0.25, 0.3) is 0 Å². The number of pyridine rings is 1. The van der Waals surface area contributed by atoms with Crippen LogP contribution < -0.4 is 10.2 Å². The summed E-state index contributed by atoms with van der Waals surface area (Å²) in [6.07, 6.45) is 3.62. The van der Waals surface area contributed by atoms with Crippen LogP contribution in [0.3, 0.4) is 0 Å². The number of aromatic nitrogens is 3. The lowest BCUT2D eigenvalue weighted by molar-refractivity contribution is 0.878. The number of rotatable bonds is 6. The fraction of sp³-hybridized carbons (Fsp3) is 0.211. The number of benzene rings is 1. The first kappa shape index (κ1) is 15.9. The van der Waals surface area contributed by atoms with E-state index in [2.05, 4.69) is 49.4 Å². The van der Waals surface area contributed by atoms with Crippen molar-refractivity contribution in [2.45, 2.75) is 20.0 Å². The number of nitrogens with zero attached hydrogens (tertiary/aromatic N) is 4. The first-order chi connectivity index (χ1) is 11.7. The fourth-order valence-electron chi connectivity index (χ4n) is 2.47. The van der Waals surface area contributed by atoms with Crippen LogP contribution in [0.2, 0.25) is 0 Å². The van der Waals surface area contributed by atoms with E-state index in [-0.39, 0.29) is 0 Å². The molecule has 2 heterocycles. The van der Waals surface area contributed by atoms with Gasteiger partial charge in [0, 0.05) is 38.6 Å². The number of hydrogen-bond acceptors (Lipinski definition) is 5. The molecule has 3 rings (SSSR count). The van der Waals surface area contributed by atoms with E-state index in [9.17, 15) is 0 Å². The minimum atomic E-state index is 0.687. The molecule has 0 aliphatic heterocycles. The third-order valence-corrected chi connectivity index (χ3v) is 3.67. The highest BCUT2D eigenvalue weighted by Crippen LogP contribution is 2.17. The van der Waals surface area contributed by atoms with Crippen LogP contribution in [-0.4, -0.2) is 22.0 Å². The molecule has 2 aromatic heterocycles. The molecule has 0 amide bonds. The molecule has 0 fully saturated rings. The van der Waals surface area contributed by atoms with Crippen LogP contribution in [0, 0.1) is 6.92 Å². The van der Waals surface area contributed by atoms with Gasteiger partial charge in [0.1, 0.15) is 17.5 Å². The normalized spacial score (nSPS) is 10.4. The molecule has 5 nitrogen and oxygen atoms in total. The summed E-state index contributed by atoms with van der Waals surface area (Å²) < 4.78 is 0.